The maximum Gasteiger partial charge on any atom is 0.221 e. The van der Waals surface area contributed by atoms with Gasteiger partial charge in [0, 0.05) is 24.2 Å². The number of rotatable bonds is 2. The summed E-state index contributed by atoms with van der Waals surface area (Å²) in [5.74, 6) is 1.49. The van der Waals surface area contributed by atoms with Crippen molar-refractivity contribution in [2.75, 3.05) is 18.0 Å². The van der Waals surface area contributed by atoms with Crippen molar-refractivity contribution in [1.82, 2.24) is 9.97 Å². The number of H-pyrrole nitrogens is 1. The van der Waals surface area contributed by atoms with E-state index in [1.807, 2.05) is 37.3 Å². The number of hydrogen-bond donors (Lipinski definition) is 1. The molecule has 0 spiro atoms. The first-order chi connectivity index (χ1) is 10.2. The molecule has 0 saturated carbocycles. The van der Waals surface area contributed by atoms with Crippen molar-refractivity contribution in [3.63, 3.8) is 0 Å². The molecular formula is C16H17N3OS. The van der Waals surface area contributed by atoms with Crippen LogP contribution in [0.15, 0.2) is 35.1 Å². The van der Waals surface area contributed by atoms with Crippen molar-refractivity contribution in [3.05, 3.63) is 50.8 Å². The first kappa shape index (κ1) is 13.9. The van der Waals surface area contributed by atoms with Crippen molar-refractivity contribution in [1.29, 1.82) is 0 Å². The second kappa shape index (κ2) is 5.77. The van der Waals surface area contributed by atoms with Crippen LogP contribution >= 0.6 is 12.2 Å². The number of aromatic nitrogens is 2. The predicted octanol–water partition coefficient (Wildman–Crippen LogP) is 3.08. The highest BCUT2D eigenvalue weighted by Crippen LogP contribution is 2.22. The lowest BCUT2D eigenvalue weighted by Gasteiger charge is -2.18. The highest BCUT2D eigenvalue weighted by Gasteiger charge is 2.17. The van der Waals surface area contributed by atoms with E-state index < -0.39 is 0 Å². The van der Waals surface area contributed by atoms with Crippen LogP contribution in [0.4, 0.5) is 5.82 Å². The van der Waals surface area contributed by atoms with Crippen molar-refractivity contribution in [3.8, 4) is 11.4 Å². The molecule has 4 nitrogen and oxygen atoms in total. The van der Waals surface area contributed by atoms with E-state index in [4.69, 9.17) is 12.2 Å². The smallest absolute Gasteiger partial charge is 0.221 e. The lowest BCUT2D eigenvalue weighted by molar-refractivity contribution is 0.930. The SMILES string of the molecule is Cc1c(N2CCCC2)[nH]c(-c2ccccc2)nc(=S)c1=O. The zero-order valence-corrected chi connectivity index (χ0v) is 12.7. The van der Waals surface area contributed by atoms with Gasteiger partial charge >= 0.3 is 0 Å². The van der Waals surface area contributed by atoms with E-state index in [0.29, 0.717) is 11.4 Å². The van der Waals surface area contributed by atoms with Crippen LogP contribution in [-0.4, -0.2) is 23.1 Å². The zero-order chi connectivity index (χ0) is 14.8. The number of hydrogen-bond acceptors (Lipinski definition) is 4. The molecule has 1 N–H and O–H groups in total. The van der Waals surface area contributed by atoms with Gasteiger partial charge in [0.15, 0.2) is 4.64 Å². The van der Waals surface area contributed by atoms with Crippen LogP contribution in [0.2, 0.25) is 0 Å². The van der Waals surface area contributed by atoms with E-state index in [1.54, 1.807) is 0 Å². The molecule has 108 valence electrons. The molecule has 21 heavy (non-hydrogen) atoms. The van der Waals surface area contributed by atoms with Crippen LogP contribution in [0.25, 0.3) is 11.4 Å². The van der Waals surface area contributed by atoms with Gasteiger partial charge in [0.2, 0.25) is 5.43 Å². The molecule has 1 saturated heterocycles. The molecule has 5 heteroatoms. The molecule has 1 aliphatic heterocycles. The number of nitrogens with zero attached hydrogens (tertiary/aromatic N) is 2. The Kier molecular flexibility index (Phi) is 3.84. The predicted molar refractivity (Wildman–Crippen MR) is 87.3 cm³/mol. The molecule has 0 radical (unpaired) electrons. The van der Waals surface area contributed by atoms with Gasteiger partial charge in [0.25, 0.3) is 0 Å². The Morgan fingerprint density at radius 2 is 1.86 bits per heavy atom. The van der Waals surface area contributed by atoms with Crippen molar-refractivity contribution < 1.29 is 0 Å². The Bertz CT molecular complexity index is 765. The molecule has 0 bridgehead atoms. The summed E-state index contributed by atoms with van der Waals surface area (Å²) in [7, 11) is 0. The van der Waals surface area contributed by atoms with Crippen LogP contribution in [-0.2, 0) is 0 Å². The average Bonchev–Trinajstić information content (AvgIpc) is 3.01. The maximum atomic E-state index is 12.3. The molecule has 2 heterocycles. The minimum Gasteiger partial charge on any atom is -0.358 e. The Hall–Kier alpha value is -2.01. The minimum atomic E-state index is -0.162. The molecule has 1 aromatic carbocycles. The first-order valence-corrected chi connectivity index (χ1v) is 7.53. The molecule has 1 aromatic heterocycles. The van der Waals surface area contributed by atoms with Gasteiger partial charge in [0.05, 0.1) is 0 Å². The second-order valence-corrected chi connectivity index (χ2v) is 5.64. The van der Waals surface area contributed by atoms with Crippen LogP contribution in [0.5, 0.6) is 0 Å². The largest absolute Gasteiger partial charge is 0.358 e. The number of nitrogens with one attached hydrogen (secondary N) is 1. The molecule has 0 amide bonds. The second-order valence-electron chi connectivity index (χ2n) is 5.25. The van der Waals surface area contributed by atoms with E-state index in [1.165, 1.54) is 0 Å². The van der Waals surface area contributed by atoms with E-state index >= 15 is 0 Å². The van der Waals surface area contributed by atoms with Crippen LogP contribution in [0, 0.1) is 11.6 Å². The lowest BCUT2D eigenvalue weighted by Crippen LogP contribution is -2.21. The third-order valence-electron chi connectivity index (χ3n) is 3.81. The molecule has 0 aliphatic carbocycles. The van der Waals surface area contributed by atoms with E-state index in [-0.39, 0.29) is 10.1 Å². The summed E-state index contributed by atoms with van der Waals surface area (Å²) >= 11 is 5.17. The van der Waals surface area contributed by atoms with Crippen LogP contribution in [0.1, 0.15) is 18.4 Å². The Balaban J connectivity index is 2.25. The first-order valence-electron chi connectivity index (χ1n) is 7.12. The summed E-state index contributed by atoms with van der Waals surface area (Å²) in [6.07, 6.45) is 2.30. The minimum absolute atomic E-state index is 0.119. The molecule has 1 fully saturated rings. The van der Waals surface area contributed by atoms with E-state index in [9.17, 15) is 4.79 Å². The molecule has 2 aromatic rings. The Labute approximate surface area is 128 Å². The van der Waals surface area contributed by atoms with Gasteiger partial charge in [-0.25, -0.2) is 4.98 Å². The monoisotopic (exact) mass is 299 g/mol. The van der Waals surface area contributed by atoms with Gasteiger partial charge in [-0.1, -0.05) is 42.5 Å². The maximum absolute atomic E-state index is 12.3. The highest BCUT2D eigenvalue weighted by atomic mass is 32.1. The third kappa shape index (κ3) is 2.74. The number of anilines is 1. The van der Waals surface area contributed by atoms with E-state index in [0.717, 1.165) is 37.3 Å². The summed E-state index contributed by atoms with van der Waals surface area (Å²) in [6.45, 7) is 3.74. The fraction of sp³-hybridized carbons (Fsp3) is 0.312. The van der Waals surface area contributed by atoms with Gasteiger partial charge < -0.3 is 9.88 Å². The number of aromatic amines is 1. The normalized spacial score (nSPS) is 14.4. The van der Waals surface area contributed by atoms with Crippen molar-refractivity contribution >= 4 is 18.0 Å². The molecule has 1 aliphatic rings. The Morgan fingerprint density at radius 1 is 1.19 bits per heavy atom. The number of benzene rings is 1. The van der Waals surface area contributed by atoms with Crippen LogP contribution in [0.3, 0.4) is 0 Å². The third-order valence-corrected chi connectivity index (χ3v) is 4.09. The van der Waals surface area contributed by atoms with Gasteiger partial charge in [-0.05, 0) is 19.8 Å². The summed E-state index contributed by atoms with van der Waals surface area (Å²) in [5.41, 5.74) is 1.42. The highest BCUT2D eigenvalue weighted by molar-refractivity contribution is 7.71. The fourth-order valence-electron chi connectivity index (χ4n) is 2.64. The van der Waals surface area contributed by atoms with Crippen LogP contribution < -0.4 is 10.3 Å². The van der Waals surface area contributed by atoms with Gasteiger partial charge in [-0.15, -0.1) is 0 Å². The summed E-state index contributed by atoms with van der Waals surface area (Å²) in [5, 5.41) is 0. The van der Waals surface area contributed by atoms with Crippen molar-refractivity contribution in [2.24, 2.45) is 0 Å². The van der Waals surface area contributed by atoms with E-state index in [2.05, 4.69) is 14.9 Å². The quantitative estimate of drug-likeness (QED) is 0.866. The fourth-order valence-corrected chi connectivity index (χ4v) is 2.89. The van der Waals surface area contributed by atoms with Crippen molar-refractivity contribution in [2.45, 2.75) is 19.8 Å². The summed E-state index contributed by atoms with van der Waals surface area (Å²) < 4.78 is 0.119. The van der Waals surface area contributed by atoms with Gasteiger partial charge in [0.1, 0.15) is 11.6 Å². The average molecular weight is 299 g/mol. The topological polar surface area (TPSA) is 49.0 Å². The van der Waals surface area contributed by atoms with Gasteiger partial charge in [-0.2, -0.15) is 0 Å². The Morgan fingerprint density at radius 3 is 2.52 bits per heavy atom. The lowest BCUT2D eigenvalue weighted by atomic mass is 10.2. The molecule has 3 rings (SSSR count). The van der Waals surface area contributed by atoms with Gasteiger partial charge in [-0.3, -0.25) is 4.79 Å². The molecule has 0 unspecified atom stereocenters. The summed E-state index contributed by atoms with van der Waals surface area (Å²) in [4.78, 5) is 22.2. The zero-order valence-electron chi connectivity index (χ0n) is 11.9. The molecular weight excluding hydrogens is 282 g/mol. The summed E-state index contributed by atoms with van der Waals surface area (Å²) in [6, 6.07) is 9.76. The molecule has 0 atom stereocenters. The standard InChI is InChI=1S/C16H17N3OS/c1-11-13(20)16(21)18-14(12-7-3-2-4-8-12)17-15(11)19-9-5-6-10-19/h2-4,7-8H,5-6,9-10H2,1H3,(H,17,18,20,21).